The molecule has 2 amide bonds. The molecule has 0 unspecified atom stereocenters. The van der Waals surface area contributed by atoms with E-state index in [-0.39, 0.29) is 17.7 Å². The predicted octanol–water partition coefficient (Wildman–Crippen LogP) is 1.92. The molecule has 0 bridgehead atoms. The number of nitrogens with one attached hydrogen (secondary N) is 1. The summed E-state index contributed by atoms with van der Waals surface area (Å²) in [5, 5.41) is 3.07. The molecule has 7 nitrogen and oxygen atoms in total. The molecule has 2 aromatic rings. The Bertz CT molecular complexity index is 862. The van der Waals surface area contributed by atoms with Gasteiger partial charge >= 0.3 is 0 Å². The van der Waals surface area contributed by atoms with Crippen molar-refractivity contribution in [2.45, 2.75) is 32.1 Å². The van der Waals surface area contributed by atoms with Crippen LogP contribution in [0.25, 0.3) is 11.0 Å². The van der Waals surface area contributed by atoms with Crippen LogP contribution in [-0.4, -0.2) is 59.0 Å². The summed E-state index contributed by atoms with van der Waals surface area (Å²) in [6.07, 6.45) is 4.36. The summed E-state index contributed by atoms with van der Waals surface area (Å²) >= 11 is 0. The second kappa shape index (κ2) is 8.20. The number of rotatable bonds is 6. The molecule has 2 aliphatic heterocycles. The zero-order chi connectivity index (χ0) is 19.5. The molecule has 0 radical (unpaired) electrons. The highest BCUT2D eigenvalue weighted by Gasteiger charge is 2.28. The summed E-state index contributed by atoms with van der Waals surface area (Å²) in [5.74, 6) is 1.29. The number of carbonyl (C=O) groups is 2. The Morgan fingerprint density at radius 2 is 2.11 bits per heavy atom. The van der Waals surface area contributed by atoms with Crippen molar-refractivity contribution >= 4 is 28.8 Å². The minimum absolute atomic E-state index is 0.0121. The molecule has 28 heavy (non-hydrogen) atoms. The highest BCUT2D eigenvalue weighted by molar-refractivity contribution is 5.81. The Morgan fingerprint density at radius 3 is 2.89 bits per heavy atom. The van der Waals surface area contributed by atoms with Crippen molar-refractivity contribution < 1.29 is 9.59 Å². The van der Waals surface area contributed by atoms with Crippen LogP contribution in [0.5, 0.6) is 0 Å². The first-order valence-electron chi connectivity index (χ1n) is 10.4. The SMILES string of the molecule is Cn1c(N2CCC[C@@H](C(=O)NCCCN3CCCC3=O)C2)nc2ccccc21. The third-order valence-electron chi connectivity index (χ3n) is 5.91. The summed E-state index contributed by atoms with van der Waals surface area (Å²) in [6.45, 7) is 3.87. The maximum absolute atomic E-state index is 12.6. The number of imidazole rings is 1. The van der Waals surface area contributed by atoms with E-state index < -0.39 is 0 Å². The summed E-state index contributed by atoms with van der Waals surface area (Å²) in [7, 11) is 2.04. The Hall–Kier alpha value is -2.57. The van der Waals surface area contributed by atoms with Crippen LogP contribution in [0.3, 0.4) is 0 Å². The Kier molecular flexibility index (Phi) is 5.50. The average Bonchev–Trinajstić information content (AvgIpc) is 3.28. The third kappa shape index (κ3) is 3.84. The lowest BCUT2D eigenvalue weighted by Crippen LogP contribution is -2.44. The summed E-state index contributed by atoms with van der Waals surface area (Å²) in [6, 6.07) is 8.13. The Labute approximate surface area is 165 Å². The zero-order valence-electron chi connectivity index (χ0n) is 16.6. The second-order valence-electron chi connectivity index (χ2n) is 7.87. The van der Waals surface area contributed by atoms with Gasteiger partial charge in [-0.25, -0.2) is 4.98 Å². The van der Waals surface area contributed by atoms with E-state index in [4.69, 9.17) is 4.98 Å². The number of hydrogen-bond donors (Lipinski definition) is 1. The predicted molar refractivity (Wildman–Crippen MR) is 109 cm³/mol. The molecule has 3 heterocycles. The van der Waals surface area contributed by atoms with Crippen LogP contribution in [0.2, 0.25) is 0 Å². The first-order valence-corrected chi connectivity index (χ1v) is 10.4. The van der Waals surface area contributed by atoms with Gasteiger partial charge in [0.25, 0.3) is 0 Å². The monoisotopic (exact) mass is 383 g/mol. The van der Waals surface area contributed by atoms with Crippen LogP contribution in [0.15, 0.2) is 24.3 Å². The maximum Gasteiger partial charge on any atom is 0.224 e. The van der Waals surface area contributed by atoms with Crippen molar-refractivity contribution in [2.75, 3.05) is 37.6 Å². The summed E-state index contributed by atoms with van der Waals surface area (Å²) < 4.78 is 2.11. The zero-order valence-corrected chi connectivity index (χ0v) is 16.6. The average molecular weight is 383 g/mol. The van der Waals surface area contributed by atoms with E-state index in [9.17, 15) is 9.59 Å². The molecule has 1 atom stereocenters. The Morgan fingerprint density at radius 1 is 1.25 bits per heavy atom. The highest BCUT2D eigenvalue weighted by Crippen LogP contribution is 2.26. The van der Waals surface area contributed by atoms with Crippen LogP contribution in [0.1, 0.15) is 32.1 Å². The van der Waals surface area contributed by atoms with Crippen molar-refractivity contribution in [3.8, 4) is 0 Å². The smallest absolute Gasteiger partial charge is 0.224 e. The first kappa shape index (κ1) is 18.8. The number of nitrogens with zero attached hydrogens (tertiary/aromatic N) is 4. The van der Waals surface area contributed by atoms with Gasteiger partial charge in [0.1, 0.15) is 0 Å². The van der Waals surface area contributed by atoms with E-state index in [1.165, 1.54) is 0 Å². The third-order valence-corrected chi connectivity index (χ3v) is 5.91. The Balaban J connectivity index is 1.31. The van der Waals surface area contributed by atoms with E-state index in [1.54, 1.807) is 0 Å². The fraction of sp³-hybridized carbons (Fsp3) is 0.571. The van der Waals surface area contributed by atoms with Crippen molar-refractivity contribution in [3.05, 3.63) is 24.3 Å². The number of aryl methyl sites for hydroxylation is 1. The number of hydrogen-bond acceptors (Lipinski definition) is 4. The van der Waals surface area contributed by atoms with Crippen molar-refractivity contribution in [3.63, 3.8) is 0 Å². The highest BCUT2D eigenvalue weighted by atomic mass is 16.2. The molecular formula is C21H29N5O2. The van der Waals surface area contributed by atoms with Gasteiger partial charge in [0.2, 0.25) is 17.8 Å². The minimum Gasteiger partial charge on any atom is -0.356 e. The van der Waals surface area contributed by atoms with Crippen LogP contribution < -0.4 is 10.2 Å². The fourth-order valence-corrected chi connectivity index (χ4v) is 4.35. The van der Waals surface area contributed by atoms with Gasteiger partial charge in [0.05, 0.1) is 17.0 Å². The lowest BCUT2D eigenvalue weighted by Gasteiger charge is -2.32. The van der Waals surface area contributed by atoms with E-state index in [1.807, 2.05) is 30.1 Å². The molecule has 0 aliphatic carbocycles. The van der Waals surface area contributed by atoms with Crippen LogP contribution in [-0.2, 0) is 16.6 Å². The number of amides is 2. The van der Waals surface area contributed by atoms with Gasteiger partial charge in [0, 0.05) is 46.2 Å². The summed E-state index contributed by atoms with van der Waals surface area (Å²) in [4.78, 5) is 33.2. The normalized spacial score (nSPS) is 20.2. The van der Waals surface area contributed by atoms with E-state index >= 15 is 0 Å². The number of anilines is 1. The molecule has 150 valence electrons. The van der Waals surface area contributed by atoms with Gasteiger partial charge in [0.15, 0.2) is 0 Å². The molecule has 7 heteroatoms. The molecule has 0 saturated carbocycles. The van der Waals surface area contributed by atoms with Gasteiger partial charge in [-0.1, -0.05) is 12.1 Å². The molecule has 2 aliphatic rings. The molecule has 2 saturated heterocycles. The number of aromatic nitrogens is 2. The molecule has 4 rings (SSSR count). The lowest BCUT2D eigenvalue weighted by molar-refractivity contribution is -0.127. The standard InChI is InChI=1S/C21H29N5O2/c1-24-18-9-3-2-8-17(18)23-21(24)26-13-4-7-16(15-26)20(28)22-11-6-14-25-12-5-10-19(25)27/h2-3,8-9,16H,4-7,10-15H2,1H3,(H,22,28)/t16-/m1/s1. The topological polar surface area (TPSA) is 70.5 Å². The number of likely N-dealkylation sites (tertiary alicyclic amines) is 1. The van der Waals surface area contributed by atoms with Crippen LogP contribution in [0.4, 0.5) is 5.95 Å². The van der Waals surface area contributed by atoms with E-state index in [0.717, 1.165) is 62.3 Å². The number of carbonyl (C=O) groups excluding carboxylic acids is 2. The molecule has 2 fully saturated rings. The number of fused-ring (bicyclic) bond motifs is 1. The molecule has 1 aromatic heterocycles. The van der Waals surface area contributed by atoms with Crippen molar-refractivity contribution in [1.82, 2.24) is 19.8 Å². The largest absolute Gasteiger partial charge is 0.356 e. The van der Waals surface area contributed by atoms with E-state index in [2.05, 4.69) is 20.9 Å². The van der Waals surface area contributed by atoms with Crippen LogP contribution in [0, 0.1) is 5.92 Å². The maximum atomic E-state index is 12.6. The molecule has 1 N–H and O–H groups in total. The minimum atomic E-state index is -0.0121. The molecule has 1 aromatic carbocycles. The van der Waals surface area contributed by atoms with Gasteiger partial charge in [-0.3, -0.25) is 9.59 Å². The molecule has 0 spiro atoms. The van der Waals surface area contributed by atoms with Gasteiger partial charge in [-0.15, -0.1) is 0 Å². The number of benzene rings is 1. The lowest BCUT2D eigenvalue weighted by atomic mass is 9.97. The quantitative estimate of drug-likeness (QED) is 0.774. The van der Waals surface area contributed by atoms with Crippen molar-refractivity contribution in [1.29, 1.82) is 0 Å². The van der Waals surface area contributed by atoms with Crippen LogP contribution >= 0.6 is 0 Å². The van der Waals surface area contributed by atoms with Gasteiger partial charge in [-0.05, 0) is 37.8 Å². The van der Waals surface area contributed by atoms with Crippen molar-refractivity contribution in [2.24, 2.45) is 13.0 Å². The van der Waals surface area contributed by atoms with Gasteiger partial charge < -0.3 is 19.7 Å². The number of para-hydroxylation sites is 2. The van der Waals surface area contributed by atoms with Gasteiger partial charge in [-0.2, -0.15) is 0 Å². The second-order valence-corrected chi connectivity index (χ2v) is 7.87. The van der Waals surface area contributed by atoms with E-state index in [0.29, 0.717) is 19.5 Å². The fourth-order valence-electron chi connectivity index (χ4n) is 4.35. The number of piperidine rings is 1. The first-order chi connectivity index (χ1) is 13.6. The summed E-state index contributed by atoms with van der Waals surface area (Å²) in [5.41, 5.74) is 2.10. The molecular weight excluding hydrogens is 354 g/mol.